The first-order valence-corrected chi connectivity index (χ1v) is 6.40. The van der Waals surface area contributed by atoms with E-state index in [0.717, 1.165) is 9.79 Å². The van der Waals surface area contributed by atoms with Crippen molar-refractivity contribution in [2.45, 2.75) is 9.79 Å². The predicted molar refractivity (Wildman–Crippen MR) is 63.8 cm³/mol. The van der Waals surface area contributed by atoms with Gasteiger partial charge in [-0.2, -0.15) is 0 Å². The summed E-state index contributed by atoms with van der Waals surface area (Å²) < 4.78 is 0. The van der Waals surface area contributed by atoms with E-state index in [4.69, 9.17) is 23.1 Å². The third kappa shape index (κ3) is 2.00. The Morgan fingerprint density at radius 2 is 1.85 bits per heavy atom. The molecule has 0 atom stereocenters. The lowest BCUT2D eigenvalue weighted by Crippen LogP contribution is -1.98. The minimum Gasteiger partial charge on any atom is -0.397 e. The zero-order valence-corrected chi connectivity index (χ0v) is 9.82. The van der Waals surface area contributed by atoms with Crippen molar-refractivity contribution < 1.29 is 0 Å². The summed E-state index contributed by atoms with van der Waals surface area (Å²) in [6.07, 6.45) is 3.89. The average Bonchev–Trinajstić information content (AvgIpc) is 2.12. The number of thioether (sulfide) groups is 2. The van der Waals surface area contributed by atoms with Gasteiger partial charge in [-0.05, 0) is 18.6 Å². The quantitative estimate of drug-likeness (QED) is 0.610. The third-order valence-corrected chi connectivity index (χ3v) is 3.89. The molecule has 0 spiro atoms. The van der Waals surface area contributed by atoms with Gasteiger partial charge in [0.25, 0.3) is 0 Å². The van der Waals surface area contributed by atoms with E-state index in [1.54, 1.807) is 11.8 Å². The summed E-state index contributed by atoms with van der Waals surface area (Å²) in [6, 6.07) is 1.81. The topological polar surface area (TPSA) is 52.0 Å². The lowest BCUT2D eigenvalue weighted by Gasteiger charge is -2.11. The van der Waals surface area contributed by atoms with Crippen LogP contribution in [0.2, 0.25) is 5.02 Å². The molecule has 0 aromatic heterocycles. The van der Waals surface area contributed by atoms with Crippen LogP contribution in [0.5, 0.6) is 0 Å². The van der Waals surface area contributed by atoms with Crippen molar-refractivity contribution in [1.82, 2.24) is 0 Å². The van der Waals surface area contributed by atoms with E-state index in [0.29, 0.717) is 16.4 Å². The first-order chi connectivity index (χ1) is 6.11. The summed E-state index contributed by atoms with van der Waals surface area (Å²) in [5.74, 6) is 0. The number of rotatable bonds is 2. The maximum atomic E-state index is 6.11. The molecule has 0 aliphatic carbocycles. The summed E-state index contributed by atoms with van der Waals surface area (Å²) in [5, 5.41) is 0.701. The monoisotopic (exact) mass is 234 g/mol. The molecule has 0 unspecified atom stereocenters. The number of benzene rings is 1. The second kappa shape index (κ2) is 4.35. The molecule has 4 N–H and O–H groups in total. The number of hydrogen-bond acceptors (Lipinski definition) is 4. The van der Waals surface area contributed by atoms with Gasteiger partial charge < -0.3 is 11.5 Å². The molecule has 0 aliphatic rings. The Morgan fingerprint density at radius 3 is 2.31 bits per heavy atom. The number of nitrogen functional groups attached to an aromatic ring is 2. The highest BCUT2D eigenvalue weighted by Crippen LogP contribution is 2.40. The van der Waals surface area contributed by atoms with Gasteiger partial charge in [0.05, 0.1) is 21.3 Å². The minimum absolute atomic E-state index is 0.579. The van der Waals surface area contributed by atoms with Crippen LogP contribution in [0.15, 0.2) is 15.9 Å². The molecule has 0 heterocycles. The Morgan fingerprint density at radius 1 is 1.23 bits per heavy atom. The Hall–Kier alpha value is -0.190. The van der Waals surface area contributed by atoms with Gasteiger partial charge in [0.15, 0.2) is 0 Å². The van der Waals surface area contributed by atoms with Crippen LogP contribution < -0.4 is 11.5 Å². The molecule has 0 aliphatic heterocycles. The Bertz CT molecular complexity index is 328. The SMILES string of the molecule is CSc1cc(N)c(N)c(SC)c1Cl. The molecule has 5 heteroatoms. The van der Waals surface area contributed by atoms with Crippen LogP contribution in [-0.2, 0) is 0 Å². The molecule has 1 aromatic carbocycles. The zero-order valence-electron chi connectivity index (χ0n) is 7.43. The van der Waals surface area contributed by atoms with E-state index >= 15 is 0 Å². The van der Waals surface area contributed by atoms with Gasteiger partial charge in [-0.1, -0.05) is 11.6 Å². The van der Waals surface area contributed by atoms with Crippen LogP contribution in [0, 0.1) is 0 Å². The van der Waals surface area contributed by atoms with Crippen molar-refractivity contribution in [3.63, 3.8) is 0 Å². The highest BCUT2D eigenvalue weighted by atomic mass is 35.5. The minimum atomic E-state index is 0.579. The lowest BCUT2D eigenvalue weighted by molar-refractivity contribution is 1.34. The fourth-order valence-corrected chi connectivity index (χ4v) is 2.83. The first kappa shape index (κ1) is 10.9. The van der Waals surface area contributed by atoms with Crippen LogP contribution in [0.4, 0.5) is 11.4 Å². The molecule has 0 amide bonds. The van der Waals surface area contributed by atoms with E-state index in [2.05, 4.69) is 0 Å². The number of anilines is 2. The van der Waals surface area contributed by atoms with Gasteiger partial charge >= 0.3 is 0 Å². The molecule has 72 valence electrons. The lowest BCUT2D eigenvalue weighted by atomic mass is 10.3. The number of halogens is 1. The Kier molecular flexibility index (Phi) is 3.64. The van der Waals surface area contributed by atoms with Crippen molar-refractivity contribution >= 4 is 46.5 Å². The summed E-state index contributed by atoms with van der Waals surface area (Å²) in [5.41, 5.74) is 12.7. The molecule has 0 fully saturated rings. The van der Waals surface area contributed by atoms with E-state index in [-0.39, 0.29) is 0 Å². The van der Waals surface area contributed by atoms with Crippen molar-refractivity contribution in [2.24, 2.45) is 0 Å². The Balaban J connectivity index is 3.39. The largest absolute Gasteiger partial charge is 0.397 e. The second-order valence-electron chi connectivity index (χ2n) is 2.43. The zero-order chi connectivity index (χ0) is 10.0. The first-order valence-electron chi connectivity index (χ1n) is 3.57. The maximum Gasteiger partial charge on any atom is 0.0701 e. The van der Waals surface area contributed by atoms with Crippen molar-refractivity contribution in [1.29, 1.82) is 0 Å². The van der Waals surface area contributed by atoms with Gasteiger partial charge in [0.1, 0.15) is 0 Å². The second-order valence-corrected chi connectivity index (χ2v) is 4.47. The van der Waals surface area contributed by atoms with Crippen molar-refractivity contribution in [2.75, 3.05) is 24.0 Å². The molecule has 0 radical (unpaired) electrons. The molecule has 1 rings (SSSR count). The maximum absolute atomic E-state index is 6.11. The number of nitrogens with two attached hydrogens (primary N) is 2. The van der Waals surface area contributed by atoms with E-state index in [1.165, 1.54) is 11.8 Å². The molecule has 2 nitrogen and oxygen atoms in total. The molecule has 0 saturated carbocycles. The summed E-state index contributed by atoms with van der Waals surface area (Å²) in [7, 11) is 0. The fraction of sp³-hybridized carbons (Fsp3) is 0.250. The normalized spacial score (nSPS) is 10.4. The van der Waals surface area contributed by atoms with Gasteiger partial charge in [0.2, 0.25) is 0 Å². The highest BCUT2D eigenvalue weighted by molar-refractivity contribution is 7.99. The molecule has 0 saturated heterocycles. The van der Waals surface area contributed by atoms with Crippen LogP contribution >= 0.6 is 35.1 Å². The fourth-order valence-electron chi connectivity index (χ4n) is 0.992. The number of hydrogen-bond donors (Lipinski definition) is 2. The van der Waals surface area contributed by atoms with Gasteiger partial charge in [0, 0.05) is 4.90 Å². The standard InChI is InChI=1S/C8H11ClN2S2/c1-12-5-3-4(10)7(11)8(13-2)6(5)9/h3H,10-11H2,1-2H3. The molecule has 0 bridgehead atoms. The van der Waals surface area contributed by atoms with Gasteiger partial charge in [-0.15, -0.1) is 23.5 Å². The predicted octanol–water partition coefficient (Wildman–Crippen LogP) is 2.95. The van der Waals surface area contributed by atoms with Crippen LogP contribution in [0.3, 0.4) is 0 Å². The highest BCUT2D eigenvalue weighted by Gasteiger charge is 2.11. The Labute approximate surface area is 91.4 Å². The average molecular weight is 235 g/mol. The molecule has 13 heavy (non-hydrogen) atoms. The summed E-state index contributed by atoms with van der Waals surface area (Å²) in [6.45, 7) is 0. The van der Waals surface area contributed by atoms with Crippen LogP contribution in [0.1, 0.15) is 0 Å². The van der Waals surface area contributed by atoms with E-state index < -0.39 is 0 Å². The summed E-state index contributed by atoms with van der Waals surface area (Å²) in [4.78, 5) is 1.84. The smallest absolute Gasteiger partial charge is 0.0701 e. The third-order valence-electron chi connectivity index (χ3n) is 1.68. The molecular formula is C8H11ClN2S2. The van der Waals surface area contributed by atoms with Crippen molar-refractivity contribution in [3.8, 4) is 0 Å². The van der Waals surface area contributed by atoms with Gasteiger partial charge in [-0.3, -0.25) is 0 Å². The molecule has 1 aromatic rings. The van der Waals surface area contributed by atoms with Crippen LogP contribution in [0.25, 0.3) is 0 Å². The van der Waals surface area contributed by atoms with E-state index in [9.17, 15) is 0 Å². The van der Waals surface area contributed by atoms with Gasteiger partial charge in [-0.25, -0.2) is 0 Å². The molecular weight excluding hydrogens is 224 g/mol. The summed E-state index contributed by atoms with van der Waals surface area (Å²) >= 11 is 9.19. The van der Waals surface area contributed by atoms with Crippen LogP contribution in [-0.4, -0.2) is 12.5 Å². The van der Waals surface area contributed by atoms with Crippen molar-refractivity contribution in [3.05, 3.63) is 11.1 Å². The van der Waals surface area contributed by atoms with E-state index in [1.807, 2.05) is 18.6 Å².